The maximum absolute atomic E-state index is 15.0. The summed E-state index contributed by atoms with van der Waals surface area (Å²) in [5, 5.41) is 2.10. The number of rotatable bonds is 8. The van der Waals surface area contributed by atoms with Gasteiger partial charge in [0.25, 0.3) is 5.91 Å². The van der Waals surface area contributed by atoms with Crippen molar-refractivity contribution in [1.29, 1.82) is 0 Å². The Morgan fingerprint density at radius 2 is 1.97 bits per heavy atom. The van der Waals surface area contributed by atoms with Crippen molar-refractivity contribution < 1.29 is 34.1 Å². The summed E-state index contributed by atoms with van der Waals surface area (Å²) in [6.07, 6.45) is -0.928. The number of aryl methyl sites for hydroxylation is 1. The molecule has 0 spiro atoms. The lowest BCUT2D eigenvalue weighted by Gasteiger charge is -2.29. The zero-order valence-corrected chi connectivity index (χ0v) is 19.4. The quantitative estimate of drug-likeness (QED) is 0.578. The zero-order chi connectivity index (χ0) is 26.3. The monoisotopic (exact) mass is 485 g/mol. The first-order chi connectivity index (χ1) is 16.9. The van der Waals surface area contributed by atoms with Crippen LogP contribution in [0.5, 0.6) is 5.75 Å². The van der Waals surface area contributed by atoms with E-state index in [0.29, 0.717) is 16.7 Å². The number of hydrogen-bond acceptors (Lipinski definition) is 5. The summed E-state index contributed by atoms with van der Waals surface area (Å²) >= 11 is 0. The smallest absolute Gasteiger partial charge is 0.334 e. The summed E-state index contributed by atoms with van der Waals surface area (Å²) in [5.74, 6) is -6.89. The predicted molar refractivity (Wildman–Crippen MR) is 122 cm³/mol. The van der Waals surface area contributed by atoms with Gasteiger partial charge in [0, 0.05) is 24.9 Å². The molecule has 9 heteroatoms. The number of Topliss-reactive ketones (excluding diaryl/α,β-unsaturated/α-hetero) is 1. The molecular formula is C26H26F2N2O5. The minimum absolute atomic E-state index is 0.0180. The number of piperidine rings is 1. The number of carbonyl (C=O) groups is 4. The lowest BCUT2D eigenvalue weighted by atomic mass is 9.97. The van der Waals surface area contributed by atoms with E-state index in [1.165, 1.54) is 24.3 Å². The van der Waals surface area contributed by atoms with Crippen LogP contribution in [0.15, 0.2) is 42.5 Å². The van der Waals surface area contributed by atoms with Crippen LogP contribution in [-0.2, 0) is 33.3 Å². The highest BCUT2D eigenvalue weighted by Gasteiger charge is 2.43. The van der Waals surface area contributed by atoms with Gasteiger partial charge < -0.3 is 9.64 Å². The van der Waals surface area contributed by atoms with Crippen molar-refractivity contribution in [3.8, 4) is 5.75 Å². The van der Waals surface area contributed by atoms with Crippen LogP contribution < -0.4 is 10.1 Å². The molecule has 0 unspecified atom stereocenters. The molecule has 35 heavy (non-hydrogen) atoms. The van der Waals surface area contributed by atoms with Crippen molar-refractivity contribution in [2.45, 2.75) is 64.1 Å². The molecule has 2 aliphatic heterocycles. The van der Waals surface area contributed by atoms with Crippen LogP contribution in [0.2, 0.25) is 0 Å². The number of hydrogen-bond donors (Lipinski definition) is 1. The van der Waals surface area contributed by atoms with E-state index < -0.39 is 47.4 Å². The number of alkyl halides is 2. The Balaban J connectivity index is 1.47. The first kappa shape index (κ1) is 23.1. The largest absolute Gasteiger partial charge is 0.490 e. The third-order valence-electron chi connectivity index (χ3n) is 5.98. The van der Waals surface area contributed by atoms with Crippen molar-refractivity contribution in [1.82, 2.24) is 10.2 Å². The summed E-state index contributed by atoms with van der Waals surface area (Å²) in [5.41, 5.74) is 0.917. The molecule has 1 fully saturated rings. The zero-order valence-electron chi connectivity index (χ0n) is 20.4. The molecule has 0 aromatic heterocycles. The molecule has 2 heterocycles. The third kappa shape index (κ3) is 4.94. The van der Waals surface area contributed by atoms with E-state index in [4.69, 9.17) is 6.11 Å². The molecule has 3 amide bonds. The first-order valence-electron chi connectivity index (χ1n) is 11.9. The predicted octanol–water partition coefficient (Wildman–Crippen LogP) is 3.53. The van der Waals surface area contributed by atoms with E-state index in [1.54, 1.807) is 32.0 Å². The third-order valence-corrected chi connectivity index (χ3v) is 5.98. The number of benzene rings is 2. The average Bonchev–Trinajstić information content (AvgIpc) is 3.16. The first-order valence-corrected chi connectivity index (χ1v) is 11.4. The van der Waals surface area contributed by atoms with Crippen LogP contribution in [0.4, 0.5) is 8.78 Å². The molecule has 1 atom stereocenters. The lowest BCUT2D eigenvalue weighted by molar-refractivity contribution is -0.144. The van der Waals surface area contributed by atoms with Gasteiger partial charge in [0.2, 0.25) is 17.6 Å². The highest BCUT2D eigenvalue weighted by Crippen LogP contribution is 2.37. The normalized spacial score (nSPS) is 20.5. The van der Waals surface area contributed by atoms with Crippen LogP contribution in [0, 0.1) is 0 Å². The van der Waals surface area contributed by atoms with Gasteiger partial charge in [0.05, 0.1) is 13.0 Å². The maximum Gasteiger partial charge on any atom is 0.334 e. The van der Waals surface area contributed by atoms with Crippen LogP contribution in [0.3, 0.4) is 0 Å². The average molecular weight is 486 g/mol. The number of halogens is 2. The van der Waals surface area contributed by atoms with Crippen molar-refractivity contribution in [2.75, 3.05) is 0 Å². The summed E-state index contributed by atoms with van der Waals surface area (Å²) in [4.78, 5) is 50.3. The molecule has 1 saturated heterocycles. The Morgan fingerprint density at radius 1 is 1.23 bits per heavy atom. The number of amides is 3. The van der Waals surface area contributed by atoms with E-state index in [-0.39, 0.29) is 37.7 Å². The van der Waals surface area contributed by atoms with Gasteiger partial charge in [0.15, 0.2) is 0 Å². The van der Waals surface area contributed by atoms with E-state index in [0.717, 1.165) is 4.90 Å². The standard InChI is InChI=1S/C26H26F2N2O5/c1-15(2)35-21-6-4-3-5-19(21)26(27,28)22(31)11-8-16-7-9-18-17(13-16)14-30(25(18)34)20-10-12-23(32)29-24(20)33/h3-7,9,13,15,20H,8,10-12,14H2,1-2H3,(H,29,32,33)/t20-/m1/s1/i20D. The second kappa shape index (κ2) is 9.56. The second-order valence-corrected chi connectivity index (χ2v) is 8.87. The van der Waals surface area contributed by atoms with Crippen molar-refractivity contribution >= 4 is 23.5 Å². The van der Waals surface area contributed by atoms with Crippen LogP contribution in [0.25, 0.3) is 0 Å². The van der Waals surface area contributed by atoms with Gasteiger partial charge in [-0.15, -0.1) is 0 Å². The van der Waals surface area contributed by atoms with Gasteiger partial charge in [-0.25, -0.2) is 0 Å². The van der Waals surface area contributed by atoms with Gasteiger partial charge in [-0.1, -0.05) is 24.3 Å². The molecule has 2 aromatic rings. The van der Waals surface area contributed by atoms with Gasteiger partial charge in [-0.3, -0.25) is 24.5 Å². The van der Waals surface area contributed by atoms with E-state index in [2.05, 4.69) is 5.32 Å². The fraction of sp³-hybridized carbons (Fsp3) is 0.385. The van der Waals surface area contributed by atoms with Crippen molar-refractivity contribution in [2.24, 2.45) is 0 Å². The number of ketones is 1. The molecule has 1 N–H and O–H groups in total. The number of para-hydroxylation sites is 1. The molecular weight excluding hydrogens is 458 g/mol. The topological polar surface area (TPSA) is 92.8 Å². The number of fused-ring (bicyclic) bond motifs is 1. The number of carbonyl (C=O) groups excluding carboxylic acids is 4. The van der Waals surface area contributed by atoms with E-state index >= 15 is 8.78 Å². The van der Waals surface area contributed by atoms with E-state index in [9.17, 15) is 19.2 Å². The van der Waals surface area contributed by atoms with Crippen molar-refractivity contribution in [3.05, 3.63) is 64.7 Å². The Bertz CT molecular complexity index is 1250. The highest BCUT2D eigenvalue weighted by molar-refractivity contribution is 6.05. The Hall–Kier alpha value is -3.62. The Kier molecular flexibility index (Phi) is 6.32. The van der Waals surface area contributed by atoms with Gasteiger partial charge in [0.1, 0.15) is 11.8 Å². The van der Waals surface area contributed by atoms with Crippen LogP contribution in [-0.4, -0.2) is 40.5 Å². The molecule has 7 nitrogen and oxygen atoms in total. The van der Waals surface area contributed by atoms with Gasteiger partial charge >= 0.3 is 5.92 Å². The molecule has 0 bridgehead atoms. The molecule has 0 saturated carbocycles. The molecule has 2 aliphatic rings. The highest BCUT2D eigenvalue weighted by atomic mass is 19.3. The number of ether oxygens (including phenoxy) is 1. The van der Waals surface area contributed by atoms with Gasteiger partial charge in [-0.2, -0.15) is 8.78 Å². The molecule has 0 aliphatic carbocycles. The lowest BCUT2D eigenvalue weighted by Crippen LogP contribution is -2.52. The van der Waals surface area contributed by atoms with Crippen molar-refractivity contribution in [3.63, 3.8) is 0 Å². The van der Waals surface area contributed by atoms with E-state index in [1.807, 2.05) is 0 Å². The number of imide groups is 1. The number of nitrogens with zero attached hydrogens (tertiary/aromatic N) is 1. The Morgan fingerprint density at radius 3 is 2.69 bits per heavy atom. The van der Waals surface area contributed by atoms with Crippen LogP contribution in [0.1, 0.15) is 61.5 Å². The van der Waals surface area contributed by atoms with Gasteiger partial charge in [-0.05, 0) is 56.0 Å². The van der Waals surface area contributed by atoms with Crippen LogP contribution >= 0.6 is 0 Å². The summed E-state index contributed by atoms with van der Waals surface area (Å²) < 4.78 is 44.0. The fourth-order valence-corrected chi connectivity index (χ4v) is 4.26. The summed E-state index contributed by atoms with van der Waals surface area (Å²) in [6, 6.07) is 8.37. The second-order valence-electron chi connectivity index (χ2n) is 8.87. The SMILES string of the molecule is [2H][C@@]1(N2Cc3cc(CCC(=O)C(F)(F)c4ccccc4OC(C)C)ccc3C2=O)CCC(=O)NC1=O. The summed E-state index contributed by atoms with van der Waals surface area (Å²) in [6.45, 7) is 3.38. The molecule has 0 radical (unpaired) electrons. The number of nitrogens with one attached hydrogen (secondary N) is 1. The molecule has 2 aromatic carbocycles. The molecule has 4 rings (SSSR count). The molecule has 184 valence electrons. The maximum atomic E-state index is 15.0. The Labute approximate surface area is 202 Å². The fourth-order valence-electron chi connectivity index (χ4n) is 4.26. The summed E-state index contributed by atoms with van der Waals surface area (Å²) in [7, 11) is 0. The minimum Gasteiger partial charge on any atom is -0.490 e. The minimum atomic E-state index is -3.74.